The molecule has 118 valence electrons. The van der Waals surface area contributed by atoms with Crippen LogP contribution in [0.4, 0.5) is 8.78 Å². The van der Waals surface area contributed by atoms with Gasteiger partial charge in [-0.3, -0.25) is 4.79 Å². The molecule has 3 nitrogen and oxygen atoms in total. The van der Waals surface area contributed by atoms with Crippen LogP contribution < -0.4 is 11.1 Å². The first kappa shape index (κ1) is 17.9. The monoisotopic (exact) mass is 318 g/mol. The molecule has 2 rings (SSSR count). The minimum absolute atomic E-state index is 0. The number of rotatable bonds is 4. The molecule has 1 unspecified atom stereocenters. The number of hydrogen-bond donors (Lipinski definition) is 2. The lowest BCUT2D eigenvalue weighted by atomic mass is 9.84. The highest BCUT2D eigenvalue weighted by molar-refractivity contribution is 5.94. The quantitative estimate of drug-likeness (QED) is 0.896. The van der Waals surface area contributed by atoms with E-state index in [4.69, 9.17) is 5.73 Å². The first-order chi connectivity index (χ1) is 9.61. The molecule has 1 aliphatic rings. The van der Waals surface area contributed by atoms with Gasteiger partial charge in [0, 0.05) is 12.6 Å². The van der Waals surface area contributed by atoms with Gasteiger partial charge in [-0.1, -0.05) is 19.3 Å². The second kappa shape index (κ2) is 8.29. The van der Waals surface area contributed by atoms with Crippen LogP contribution in [-0.2, 0) is 0 Å². The van der Waals surface area contributed by atoms with Gasteiger partial charge >= 0.3 is 0 Å². The summed E-state index contributed by atoms with van der Waals surface area (Å²) in [5.41, 5.74) is 5.45. The van der Waals surface area contributed by atoms with Crippen LogP contribution in [0, 0.1) is 17.6 Å². The van der Waals surface area contributed by atoms with Crippen LogP contribution in [0.1, 0.15) is 42.5 Å². The number of benzene rings is 1. The van der Waals surface area contributed by atoms with E-state index in [1.54, 1.807) is 0 Å². The summed E-state index contributed by atoms with van der Waals surface area (Å²) in [5, 5.41) is 2.75. The highest BCUT2D eigenvalue weighted by Crippen LogP contribution is 2.26. The molecule has 1 atom stereocenters. The van der Waals surface area contributed by atoms with Crippen LogP contribution in [0.5, 0.6) is 0 Å². The lowest BCUT2D eigenvalue weighted by molar-refractivity contribution is 0.0911. The molecule has 0 spiro atoms. The van der Waals surface area contributed by atoms with Crippen molar-refractivity contribution in [2.45, 2.75) is 38.1 Å². The predicted octanol–water partition coefficient (Wildman–Crippen LogP) is 3.02. The van der Waals surface area contributed by atoms with Gasteiger partial charge in [0.25, 0.3) is 5.91 Å². The van der Waals surface area contributed by atoms with Gasteiger partial charge in [0.2, 0.25) is 0 Å². The summed E-state index contributed by atoms with van der Waals surface area (Å²) >= 11 is 0. The molecule has 0 radical (unpaired) electrons. The summed E-state index contributed by atoms with van der Waals surface area (Å²) in [4.78, 5) is 12.1. The standard InChI is InChI=1S/C15H20F2N2O.ClH/c16-11-6-7-13(17)12(8-11)15(20)19-14(9-18)10-4-2-1-3-5-10;/h6-8,10,14H,1-5,9,18H2,(H,19,20);1H. The Labute approximate surface area is 129 Å². The van der Waals surface area contributed by atoms with Crippen LogP contribution in [0.25, 0.3) is 0 Å². The van der Waals surface area contributed by atoms with Gasteiger partial charge < -0.3 is 11.1 Å². The smallest absolute Gasteiger partial charge is 0.254 e. The number of nitrogens with one attached hydrogen (secondary N) is 1. The summed E-state index contributed by atoms with van der Waals surface area (Å²) in [7, 11) is 0. The SMILES string of the molecule is Cl.NCC(NC(=O)c1cc(F)ccc1F)C1CCCCC1. The first-order valence-corrected chi connectivity index (χ1v) is 7.08. The topological polar surface area (TPSA) is 55.1 Å². The van der Waals surface area contributed by atoms with E-state index in [1.807, 2.05) is 0 Å². The number of carbonyl (C=O) groups is 1. The van der Waals surface area contributed by atoms with Gasteiger partial charge in [-0.15, -0.1) is 12.4 Å². The Kier molecular flexibility index (Phi) is 7.05. The molecule has 1 amide bonds. The van der Waals surface area contributed by atoms with Gasteiger partial charge in [0.15, 0.2) is 0 Å². The van der Waals surface area contributed by atoms with Crippen molar-refractivity contribution in [1.82, 2.24) is 5.32 Å². The Bertz CT molecular complexity index is 479. The van der Waals surface area contributed by atoms with Gasteiger partial charge in [0.05, 0.1) is 5.56 Å². The lowest BCUT2D eigenvalue weighted by Gasteiger charge is -2.30. The van der Waals surface area contributed by atoms with Crippen molar-refractivity contribution in [3.63, 3.8) is 0 Å². The highest BCUT2D eigenvalue weighted by Gasteiger charge is 2.25. The summed E-state index contributed by atoms with van der Waals surface area (Å²) in [6.45, 7) is 0.313. The molecule has 1 aromatic rings. The van der Waals surface area contributed by atoms with Crippen LogP contribution >= 0.6 is 12.4 Å². The fourth-order valence-electron chi connectivity index (χ4n) is 2.82. The zero-order chi connectivity index (χ0) is 14.5. The molecule has 3 N–H and O–H groups in total. The van der Waals surface area contributed by atoms with E-state index >= 15 is 0 Å². The second-order valence-corrected chi connectivity index (χ2v) is 5.34. The van der Waals surface area contributed by atoms with Gasteiger partial charge in [0.1, 0.15) is 11.6 Å². The molecule has 0 saturated heterocycles. The summed E-state index contributed by atoms with van der Waals surface area (Å²) in [5.74, 6) is -1.61. The maximum atomic E-state index is 13.6. The van der Waals surface area contributed by atoms with Crippen LogP contribution in [0.15, 0.2) is 18.2 Å². The average Bonchev–Trinajstić information content (AvgIpc) is 2.48. The fourth-order valence-corrected chi connectivity index (χ4v) is 2.82. The van der Waals surface area contributed by atoms with Crippen molar-refractivity contribution >= 4 is 18.3 Å². The lowest BCUT2D eigenvalue weighted by Crippen LogP contribution is -2.46. The molecule has 0 heterocycles. The Hall–Kier alpha value is -1.20. The van der Waals surface area contributed by atoms with Crippen molar-refractivity contribution in [3.8, 4) is 0 Å². The highest BCUT2D eigenvalue weighted by atomic mass is 35.5. The van der Waals surface area contributed by atoms with Crippen LogP contribution in [0.2, 0.25) is 0 Å². The third-order valence-electron chi connectivity index (χ3n) is 3.96. The van der Waals surface area contributed by atoms with E-state index in [0.717, 1.165) is 43.9 Å². The van der Waals surface area contributed by atoms with Crippen molar-refractivity contribution < 1.29 is 13.6 Å². The van der Waals surface area contributed by atoms with E-state index in [2.05, 4.69) is 5.32 Å². The number of nitrogens with two attached hydrogens (primary N) is 1. The molecule has 21 heavy (non-hydrogen) atoms. The van der Waals surface area contributed by atoms with Gasteiger partial charge in [-0.2, -0.15) is 0 Å². The van der Waals surface area contributed by atoms with E-state index in [1.165, 1.54) is 6.42 Å². The largest absolute Gasteiger partial charge is 0.348 e. The molecule has 1 fully saturated rings. The molecule has 0 aliphatic heterocycles. The summed E-state index contributed by atoms with van der Waals surface area (Å²) < 4.78 is 26.7. The average molecular weight is 319 g/mol. The number of amides is 1. The van der Waals surface area contributed by atoms with E-state index in [-0.39, 0.29) is 24.0 Å². The van der Waals surface area contributed by atoms with Gasteiger partial charge in [-0.05, 0) is 37.0 Å². The number of halogens is 3. The molecule has 0 bridgehead atoms. The van der Waals surface area contributed by atoms with E-state index in [0.29, 0.717) is 12.5 Å². The molecular formula is C15H21ClF2N2O. The van der Waals surface area contributed by atoms with Crippen molar-refractivity contribution in [1.29, 1.82) is 0 Å². The summed E-state index contributed by atoms with van der Waals surface area (Å²) in [6, 6.07) is 2.69. The molecule has 0 aromatic heterocycles. The van der Waals surface area contributed by atoms with Crippen LogP contribution in [0.3, 0.4) is 0 Å². The zero-order valence-electron chi connectivity index (χ0n) is 11.8. The maximum absolute atomic E-state index is 13.6. The third-order valence-corrected chi connectivity index (χ3v) is 3.96. The molecule has 1 aromatic carbocycles. The zero-order valence-corrected chi connectivity index (χ0v) is 12.6. The Morgan fingerprint density at radius 3 is 2.57 bits per heavy atom. The van der Waals surface area contributed by atoms with E-state index < -0.39 is 17.5 Å². The van der Waals surface area contributed by atoms with Crippen LogP contribution in [-0.4, -0.2) is 18.5 Å². The fraction of sp³-hybridized carbons (Fsp3) is 0.533. The predicted molar refractivity (Wildman–Crippen MR) is 80.5 cm³/mol. The molecule has 1 aliphatic carbocycles. The normalized spacial score (nSPS) is 16.9. The first-order valence-electron chi connectivity index (χ1n) is 7.08. The molecular weight excluding hydrogens is 298 g/mol. The molecule has 1 saturated carbocycles. The number of hydrogen-bond acceptors (Lipinski definition) is 2. The Morgan fingerprint density at radius 1 is 1.29 bits per heavy atom. The van der Waals surface area contributed by atoms with E-state index in [9.17, 15) is 13.6 Å². The van der Waals surface area contributed by atoms with Crippen molar-refractivity contribution in [2.24, 2.45) is 11.7 Å². The number of carbonyl (C=O) groups excluding carboxylic acids is 1. The van der Waals surface area contributed by atoms with Crippen molar-refractivity contribution in [3.05, 3.63) is 35.4 Å². The minimum Gasteiger partial charge on any atom is -0.348 e. The Morgan fingerprint density at radius 2 is 1.95 bits per heavy atom. The second-order valence-electron chi connectivity index (χ2n) is 5.34. The minimum atomic E-state index is -0.719. The summed E-state index contributed by atoms with van der Waals surface area (Å²) in [6.07, 6.45) is 5.51. The maximum Gasteiger partial charge on any atom is 0.254 e. The van der Waals surface area contributed by atoms with Gasteiger partial charge in [-0.25, -0.2) is 8.78 Å². The van der Waals surface area contributed by atoms with Crippen molar-refractivity contribution in [2.75, 3.05) is 6.54 Å². The third kappa shape index (κ3) is 4.64. The Balaban J connectivity index is 0.00000220. The molecule has 6 heteroatoms.